The number of sulfonamides is 1. The van der Waals surface area contributed by atoms with Gasteiger partial charge in [0.1, 0.15) is 10.3 Å². The lowest BCUT2D eigenvalue weighted by atomic mass is 9.99. The van der Waals surface area contributed by atoms with Gasteiger partial charge in [0.25, 0.3) is 15.9 Å². The molecule has 1 aromatic carbocycles. The number of likely N-dealkylation sites (N-methyl/N-ethyl adjacent to an activating group) is 1. The van der Waals surface area contributed by atoms with Crippen LogP contribution in [0.2, 0.25) is 0 Å². The summed E-state index contributed by atoms with van der Waals surface area (Å²) in [6, 6.07) is 11.5. The van der Waals surface area contributed by atoms with Crippen molar-refractivity contribution in [2.45, 2.75) is 36.7 Å². The molecule has 0 aliphatic carbocycles. The van der Waals surface area contributed by atoms with E-state index in [9.17, 15) is 18.3 Å². The highest BCUT2D eigenvalue weighted by atomic mass is 32.2. The largest absolute Gasteiger partial charge is 0.486 e. The lowest BCUT2D eigenvalue weighted by molar-refractivity contribution is 0.0344. The van der Waals surface area contributed by atoms with Gasteiger partial charge in [-0.1, -0.05) is 19.1 Å². The van der Waals surface area contributed by atoms with Gasteiger partial charge in [-0.05, 0) is 55.2 Å². The highest BCUT2D eigenvalue weighted by Gasteiger charge is 2.35. The molecule has 1 amide bonds. The maximum Gasteiger partial charge on any atom is 0.271 e. The summed E-state index contributed by atoms with van der Waals surface area (Å²) >= 11 is 1.11. The summed E-state index contributed by atoms with van der Waals surface area (Å²) in [5, 5.41) is 11.5. The van der Waals surface area contributed by atoms with Crippen LogP contribution in [0.25, 0.3) is 0 Å². The fraction of sp³-hybridized carbons (Fsp3) is 0.385. The average Bonchev–Trinajstić information content (AvgIpc) is 3.43. The number of rotatable bonds is 9. The molecular formula is C26H32N4O5S2. The van der Waals surface area contributed by atoms with Crippen LogP contribution in [0.1, 0.15) is 29.8 Å². The molecule has 0 saturated carbocycles. The molecule has 0 saturated heterocycles. The Balaban J connectivity index is 1.70. The Kier molecular flexibility index (Phi) is 8.48. The van der Waals surface area contributed by atoms with E-state index >= 15 is 0 Å². The quantitative estimate of drug-likeness (QED) is 0.425. The molecule has 2 aromatic heterocycles. The normalized spacial score (nSPS) is 19.1. The van der Waals surface area contributed by atoms with Crippen molar-refractivity contribution in [3.8, 4) is 5.75 Å². The molecule has 3 aromatic rings. The summed E-state index contributed by atoms with van der Waals surface area (Å²) in [5.41, 5.74) is 1.55. The van der Waals surface area contributed by atoms with Crippen molar-refractivity contribution in [1.82, 2.24) is 14.8 Å². The van der Waals surface area contributed by atoms with E-state index < -0.39 is 16.1 Å². The Morgan fingerprint density at radius 3 is 2.68 bits per heavy atom. The Morgan fingerprint density at radius 1 is 1.24 bits per heavy atom. The summed E-state index contributed by atoms with van der Waals surface area (Å²) in [4.78, 5) is 21.4. The summed E-state index contributed by atoms with van der Waals surface area (Å²) in [6.07, 6.45) is 3.14. The maximum atomic E-state index is 13.6. The van der Waals surface area contributed by atoms with E-state index in [4.69, 9.17) is 4.74 Å². The lowest BCUT2D eigenvalue weighted by Crippen LogP contribution is -2.49. The van der Waals surface area contributed by atoms with Gasteiger partial charge in [0.15, 0.2) is 5.75 Å². The number of carbonyl (C=O) groups excluding carboxylic acids is 1. The summed E-state index contributed by atoms with van der Waals surface area (Å²) in [5.74, 6) is -0.228. The number of aromatic nitrogens is 1. The molecule has 37 heavy (non-hydrogen) atoms. The highest BCUT2D eigenvalue weighted by Crippen LogP contribution is 2.36. The second-order valence-corrected chi connectivity index (χ2v) is 12.3. The number of hydrogen-bond acceptors (Lipinski definition) is 8. The third-order valence-electron chi connectivity index (χ3n) is 6.39. The Hall–Kier alpha value is -2.99. The number of amides is 1. The van der Waals surface area contributed by atoms with Gasteiger partial charge in [-0.25, -0.2) is 8.42 Å². The predicted molar refractivity (Wildman–Crippen MR) is 143 cm³/mol. The van der Waals surface area contributed by atoms with E-state index in [1.165, 1.54) is 6.07 Å². The third-order valence-corrected chi connectivity index (χ3v) is 9.15. The van der Waals surface area contributed by atoms with Crippen LogP contribution < -0.4 is 9.46 Å². The summed E-state index contributed by atoms with van der Waals surface area (Å²) < 4.78 is 35.3. The molecular weight excluding hydrogens is 512 g/mol. The zero-order valence-corrected chi connectivity index (χ0v) is 22.7. The highest BCUT2D eigenvalue weighted by molar-refractivity contribution is 7.94. The van der Waals surface area contributed by atoms with Gasteiger partial charge in [-0.3, -0.25) is 19.4 Å². The third kappa shape index (κ3) is 6.30. The van der Waals surface area contributed by atoms with E-state index in [0.29, 0.717) is 19.6 Å². The van der Waals surface area contributed by atoms with Gasteiger partial charge >= 0.3 is 0 Å². The van der Waals surface area contributed by atoms with Gasteiger partial charge in [0.2, 0.25) is 0 Å². The number of hydrogen-bond donors (Lipinski definition) is 2. The summed E-state index contributed by atoms with van der Waals surface area (Å²) in [6.45, 7) is 5.19. The first-order chi connectivity index (χ1) is 17.7. The monoisotopic (exact) mass is 544 g/mol. The van der Waals surface area contributed by atoms with Crippen molar-refractivity contribution in [1.29, 1.82) is 0 Å². The molecule has 0 spiro atoms. The second kappa shape index (κ2) is 11.6. The number of benzene rings is 1. The van der Waals surface area contributed by atoms with Gasteiger partial charge in [-0.2, -0.15) is 0 Å². The SMILES string of the molecule is C[C@@H]1CN([C@H](C)CO)C(=O)c2cccc(NS(=O)(=O)c3cccs3)c2O[C@H]1CN(C)Cc1ccncc1. The number of ether oxygens (including phenoxy) is 1. The number of aliphatic hydroxyl groups excluding tert-OH is 1. The van der Waals surface area contributed by atoms with Crippen molar-refractivity contribution < 1.29 is 23.1 Å². The molecule has 9 nitrogen and oxygen atoms in total. The Bertz CT molecular complexity index is 1300. The molecule has 3 atom stereocenters. The van der Waals surface area contributed by atoms with Crippen LogP contribution in [0, 0.1) is 5.92 Å². The number of para-hydroxylation sites is 1. The minimum atomic E-state index is -3.86. The van der Waals surface area contributed by atoms with E-state index in [0.717, 1.165) is 16.9 Å². The first-order valence-corrected chi connectivity index (χ1v) is 14.4. The summed E-state index contributed by atoms with van der Waals surface area (Å²) in [7, 11) is -1.88. The van der Waals surface area contributed by atoms with Crippen LogP contribution in [0.3, 0.4) is 0 Å². The molecule has 2 N–H and O–H groups in total. The standard InChI is InChI=1S/C26H32N4O5S2/c1-18-14-30(19(2)17-31)26(32)21-6-4-7-22(28-37(33,34)24-8-5-13-36-24)25(21)35-23(18)16-29(3)15-20-9-11-27-12-10-20/h4-13,18-19,23,28,31H,14-17H2,1-3H3/t18-,19-,23+/m1/s1. The first-order valence-electron chi connectivity index (χ1n) is 12.0. The topological polar surface area (TPSA) is 112 Å². The van der Waals surface area contributed by atoms with Crippen LogP contribution in [0.15, 0.2) is 64.4 Å². The van der Waals surface area contributed by atoms with Crippen molar-refractivity contribution in [2.75, 3.05) is 31.5 Å². The molecule has 11 heteroatoms. The zero-order valence-electron chi connectivity index (χ0n) is 21.1. The molecule has 0 fully saturated rings. The van der Waals surface area contributed by atoms with Gasteiger partial charge < -0.3 is 14.7 Å². The Labute approximate surface area is 221 Å². The van der Waals surface area contributed by atoms with Gasteiger partial charge in [0.05, 0.1) is 23.9 Å². The lowest BCUT2D eigenvalue weighted by Gasteiger charge is -2.38. The molecule has 3 heterocycles. The van der Waals surface area contributed by atoms with E-state index in [1.807, 2.05) is 26.1 Å². The maximum absolute atomic E-state index is 13.6. The number of nitrogens with one attached hydrogen (secondary N) is 1. The van der Waals surface area contributed by atoms with Crippen LogP contribution in [0.4, 0.5) is 5.69 Å². The molecule has 0 bridgehead atoms. The molecule has 0 radical (unpaired) electrons. The number of carbonyl (C=O) groups is 1. The van der Waals surface area contributed by atoms with Crippen molar-refractivity contribution >= 4 is 33.0 Å². The smallest absolute Gasteiger partial charge is 0.271 e. The molecule has 1 aliphatic rings. The average molecular weight is 545 g/mol. The molecule has 0 unspecified atom stereocenters. The van der Waals surface area contributed by atoms with E-state index in [1.54, 1.807) is 53.9 Å². The number of fused-ring (bicyclic) bond motifs is 1. The van der Waals surface area contributed by atoms with Crippen molar-refractivity contribution in [3.63, 3.8) is 0 Å². The van der Waals surface area contributed by atoms with Crippen molar-refractivity contribution in [2.24, 2.45) is 5.92 Å². The number of aliphatic hydroxyl groups is 1. The van der Waals surface area contributed by atoms with E-state index in [-0.39, 0.29) is 45.7 Å². The number of nitrogens with zero attached hydrogens (tertiary/aromatic N) is 3. The fourth-order valence-corrected chi connectivity index (χ4v) is 6.38. The van der Waals surface area contributed by atoms with Crippen LogP contribution >= 0.6 is 11.3 Å². The van der Waals surface area contributed by atoms with Gasteiger partial charge in [-0.15, -0.1) is 11.3 Å². The number of pyridine rings is 1. The van der Waals surface area contributed by atoms with Crippen LogP contribution in [-0.2, 0) is 16.6 Å². The van der Waals surface area contributed by atoms with E-state index in [2.05, 4.69) is 14.6 Å². The predicted octanol–water partition coefficient (Wildman–Crippen LogP) is 3.30. The Morgan fingerprint density at radius 2 is 2.00 bits per heavy atom. The zero-order chi connectivity index (χ0) is 26.6. The minimum Gasteiger partial charge on any atom is -0.486 e. The van der Waals surface area contributed by atoms with Crippen LogP contribution in [-0.4, -0.2) is 73.1 Å². The molecule has 4 rings (SSSR count). The first kappa shape index (κ1) is 27.1. The number of thiophene rings is 1. The van der Waals surface area contributed by atoms with Crippen LogP contribution in [0.5, 0.6) is 5.75 Å². The second-order valence-electron chi connectivity index (χ2n) is 9.39. The number of anilines is 1. The molecule has 198 valence electrons. The fourth-order valence-electron chi connectivity index (χ4n) is 4.32. The van der Waals surface area contributed by atoms with Crippen molar-refractivity contribution in [3.05, 3.63) is 71.4 Å². The van der Waals surface area contributed by atoms with Gasteiger partial charge in [0, 0.05) is 37.9 Å². The minimum absolute atomic E-state index is 0.104. The molecule has 1 aliphatic heterocycles.